The van der Waals surface area contributed by atoms with E-state index in [1.54, 1.807) is 11.0 Å². The SMILES string of the molecule is O=C(CN1C(=O)NC(=Cc2cccs2)C1=O)N1CCCCCC1. The molecule has 0 saturated carbocycles. The lowest BCUT2D eigenvalue weighted by Gasteiger charge is -2.22. The van der Waals surface area contributed by atoms with Gasteiger partial charge in [0.1, 0.15) is 12.2 Å². The van der Waals surface area contributed by atoms with Crippen LogP contribution in [0.1, 0.15) is 30.6 Å². The molecule has 0 aliphatic carbocycles. The lowest BCUT2D eigenvalue weighted by Crippen LogP contribution is -2.43. The fourth-order valence-electron chi connectivity index (χ4n) is 2.79. The first-order chi connectivity index (χ1) is 11.1. The molecule has 2 aliphatic heterocycles. The first-order valence-corrected chi connectivity index (χ1v) is 8.69. The van der Waals surface area contributed by atoms with E-state index in [-0.39, 0.29) is 18.1 Å². The summed E-state index contributed by atoms with van der Waals surface area (Å²) in [7, 11) is 0. The molecule has 0 aromatic carbocycles. The van der Waals surface area contributed by atoms with Crippen LogP contribution in [0.25, 0.3) is 6.08 Å². The highest BCUT2D eigenvalue weighted by Gasteiger charge is 2.35. The molecule has 2 aliphatic rings. The van der Waals surface area contributed by atoms with Crippen molar-refractivity contribution < 1.29 is 14.4 Å². The van der Waals surface area contributed by atoms with Gasteiger partial charge in [-0.1, -0.05) is 18.9 Å². The Balaban J connectivity index is 1.67. The van der Waals surface area contributed by atoms with Gasteiger partial charge >= 0.3 is 6.03 Å². The zero-order chi connectivity index (χ0) is 16.2. The maximum atomic E-state index is 12.4. The van der Waals surface area contributed by atoms with E-state index in [1.165, 1.54) is 11.3 Å². The minimum atomic E-state index is -0.527. The molecule has 1 N–H and O–H groups in total. The number of nitrogens with zero attached hydrogens (tertiary/aromatic N) is 2. The lowest BCUT2D eigenvalue weighted by molar-refractivity contribution is -0.135. The van der Waals surface area contributed by atoms with Crippen LogP contribution in [0.5, 0.6) is 0 Å². The maximum absolute atomic E-state index is 12.4. The second-order valence-corrected chi connectivity index (χ2v) is 6.67. The molecule has 0 bridgehead atoms. The van der Waals surface area contributed by atoms with Crippen LogP contribution < -0.4 is 5.32 Å². The minimum absolute atomic E-state index is 0.159. The average molecular weight is 333 g/mol. The number of thiophene rings is 1. The highest BCUT2D eigenvalue weighted by Crippen LogP contribution is 2.18. The number of imide groups is 1. The van der Waals surface area contributed by atoms with Crippen molar-refractivity contribution in [3.8, 4) is 0 Å². The molecule has 0 atom stereocenters. The molecular weight excluding hydrogens is 314 g/mol. The van der Waals surface area contributed by atoms with Crippen LogP contribution in [0.15, 0.2) is 23.2 Å². The molecule has 1 aromatic rings. The van der Waals surface area contributed by atoms with Gasteiger partial charge in [-0.05, 0) is 30.4 Å². The molecule has 3 heterocycles. The summed E-state index contributed by atoms with van der Waals surface area (Å²) in [5.41, 5.74) is 0.223. The van der Waals surface area contributed by atoms with E-state index < -0.39 is 11.9 Å². The molecule has 1 aromatic heterocycles. The van der Waals surface area contributed by atoms with Crippen LogP contribution in [0.3, 0.4) is 0 Å². The Morgan fingerprint density at radius 3 is 2.61 bits per heavy atom. The van der Waals surface area contributed by atoms with Crippen molar-refractivity contribution in [3.05, 3.63) is 28.1 Å². The van der Waals surface area contributed by atoms with Crippen molar-refractivity contribution in [2.45, 2.75) is 25.7 Å². The number of nitrogens with one attached hydrogen (secondary N) is 1. The number of hydrogen-bond acceptors (Lipinski definition) is 4. The topological polar surface area (TPSA) is 69.7 Å². The fourth-order valence-corrected chi connectivity index (χ4v) is 3.44. The van der Waals surface area contributed by atoms with E-state index in [1.807, 2.05) is 17.5 Å². The molecular formula is C16H19N3O3S. The van der Waals surface area contributed by atoms with E-state index in [0.717, 1.165) is 35.5 Å². The number of carbonyl (C=O) groups is 3. The van der Waals surface area contributed by atoms with Crippen molar-refractivity contribution in [2.75, 3.05) is 19.6 Å². The van der Waals surface area contributed by atoms with Gasteiger partial charge in [0.2, 0.25) is 5.91 Å². The van der Waals surface area contributed by atoms with Crippen molar-refractivity contribution in [1.82, 2.24) is 15.1 Å². The van der Waals surface area contributed by atoms with Gasteiger partial charge in [0.15, 0.2) is 0 Å². The van der Waals surface area contributed by atoms with Gasteiger partial charge in [-0.3, -0.25) is 9.59 Å². The second kappa shape index (κ2) is 6.95. The maximum Gasteiger partial charge on any atom is 0.329 e. The highest BCUT2D eigenvalue weighted by atomic mass is 32.1. The summed E-state index contributed by atoms with van der Waals surface area (Å²) >= 11 is 1.48. The standard InChI is InChI=1S/C16H19N3O3S/c20-14(18-7-3-1-2-4-8-18)11-19-15(21)13(17-16(19)22)10-12-6-5-9-23-12/h5-6,9-10H,1-4,7-8,11H2,(H,17,22). The molecule has 0 radical (unpaired) electrons. The summed E-state index contributed by atoms with van der Waals surface area (Å²) in [5.74, 6) is -0.598. The molecule has 0 unspecified atom stereocenters. The van der Waals surface area contributed by atoms with Gasteiger partial charge in [-0.15, -0.1) is 11.3 Å². The normalized spacial score (nSPS) is 20.8. The molecule has 4 amide bonds. The molecule has 23 heavy (non-hydrogen) atoms. The van der Waals surface area contributed by atoms with Crippen molar-refractivity contribution >= 4 is 35.3 Å². The van der Waals surface area contributed by atoms with Crippen LogP contribution in [0.2, 0.25) is 0 Å². The summed E-state index contributed by atoms with van der Waals surface area (Å²) in [5, 5.41) is 4.44. The van der Waals surface area contributed by atoms with E-state index >= 15 is 0 Å². The smallest absolute Gasteiger partial charge is 0.329 e. The molecule has 122 valence electrons. The minimum Gasteiger partial charge on any atom is -0.341 e. The van der Waals surface area contributed by atoms with Crippen LogP contribution in [0.4, 0.5) is 4.79 Å². The Hall–Kier alpha value is -2.15. The number of carbonyl (C=O) groups excluding carboxylic acids is 3. The van der Waals surface area contributed by atoms with Crippen LogP contribution in [-0.4, -0.2) is 47.3 Å². The molecule has 7 heteroatoms. The van der Waals surface area contributed by atoms with Gasteiger partial charge in [0.05, 0.1) is 0 Å². The number of hydrogen-bond donors (Lipinski definition) is 1. The summed E-state index contributed by atoms with van der Waals surface area (Å²) in [6.45, 7) is 1.23. The van der Waals surface area contributed by atoms with Gasteiger partial charge in [-0.2, -0.15) is 0 Å². The number of rotatable bonds is 3. The van der Waals surface area contributed by atoms with E-state index in [9.17, 15) is 14.4 Å². The third-order valence-corrected chi connectivity index (χ3v) is 4.86. The Morgan fingerprint density at radius 1 is 1.22 bits per heavy atom. The zero-order valence-electron chi connectivity index (χ0n) is 12.8. The van der Waals surface area contributed by atoms with Gasteiger partial charge in [0.25, 0.3) is 5.91 Å². The zero-order valence-corrected chi connectivity index (χ0v) is 13.6. The lowest BCUT2D eigenvalue weighted by atomic mass is 10.2. The molecule has 3 rings (SSSR count). The van der Waals surface area contributed by atoms with Crippen molar-refractivity contribution in [1.29, 1.82) is 0 Å². The van der Waals surface area contributed by atoms with Gasteiger partial charge in [0, 0.05) is 18.0 Å². The summed E-state index contributed by atoms with van der Waals surface area (Å²) < 4.78 is 0. The fraction of sp³-hybridized carbons (Fsp3) is 0.438. The summed E-state index contributed by atoms with van der Waals surface area (Å²) in [6.07, 6.45) is 5.85. The van der Waals surface area contributed by atoms with Crippen molar-refractivity contribution in [2.24, 2.45) is 0 Å². The van der Waals surface area contributed by atoms with E-state index in [4.69, 9.17) is 0 Å². The van der Waals surface area contributed by atoms with Crippen LogP contribution in [-0.2, 0) is 9.59 Å². The Bertz CT molecular complexity index is 631. The summed E-state index contributed by atoms with van der Waals surface area (Å²) in [4.78, 5) is 40.3. The first-order valence-electron chi connectivity index (χ1n) is 7.81. The quantitative estimate of drug-likeness (QED) is 0.680. The molecule has 0 spiro atoms. The third kappa shape index (κ3) is 3.61. The number of amides is 4. The van der Waals surface area contributed by atoms with E-state index in [0.29, 0.717) is 13.1 Å². The van der Waals surface area contributed by atoms with Crippen LogP contribution in [0, 0.1) is 0 Å². The summed E-state index contributed by atoms with van der Waals surface area (Å²) in [6, 6.07) is 3.21. The number of urea groups is 1. The predicted molar refractivity (Wildman–Crippen MR) is 87.6 cm³/mol. The Morgan fingerprint density at radius 2 is 1.96 bits per heavy atom. The average Bonchev–Trinajstić information content (AvgIpc) is 3.01. The highest BCUT2D eigenvalue weighted by molar-refractivity contribution is 7.10. The third-order valence-electron chi connectivity index (χ3n) is 4.04. The molecule has 2 saturated heterocycles. The predicted octanol–water partition coefficient (Wildman–Crippen LogP) is 2.04. The monoisotopic (exact) mass is 333 g/mol. The Labute approximate surface area is 138 Å². The van der Waals surface area contributed by atoms with Crippen molar-refractivity contribution in [3.63, 3.8) is 0 Å². The first kappa shape index (κ1) is 15.7. The largest absolute Gasteiger partial charge is 0.341 e. The molecule has 2 fully saturated rings. The second-order valence-electron chi connectivity index (χ2n) is 5.69. The number of likely N-dealkylation sites (tertiary alicyclic amines) is 1. The molecule has 6 nitrogen and oxygen atoms in total. The van der Waals surface area contributed by atoms with Crippen LogP contribution >= 0.6 is 11.3 Å². The van der Waals surface area contributed by atoms with Gasteiger partial charge < -0.3 is 10.2 Å². The van der Waals surface area contributed by atoms with Gasteiger partial charge in [-0.25, -0.2) is 9.69 Å². The Kier molecular flexibility index (Phi) is 4.76. The van der Waals surface area contributed by atoms with E-state index in [2.05, 4.69) is 5.32 Å².